The Bertz CT molecular complexity index is 851. The van der Waals surface area contributed by atoms with Gasteiger partial charge in [0.15, 0.2) is 6.04 Å². The molecule has 2 aromatic rings. The second-order valence-electron chi connectivity index (χ2n) is 6.53. The normalized spacial score (nSPS) is 18.1. The number of hydrogen-bond donors (Lipinski definition) is 0. The fraction of sp³-hybridized carbons (Fsp3) is 0.364. The maximum Gasteiger partial charge on any atom is 0.331 e. The molecule has 0 spiro atoms. The second-order valence-corrected chi connectivity index (χ2v) is 6.53. The molecule has 1 fully saturated rings. The highest BCUT2D eigenvalue weighted by atomic mass is 16.5. The van der Waals surface area contributed by atoms with E-state index < -0.39 is 18.1 Å². The number of β-lactam (4-membered cyclic amide) rings is 1. The van der Waals surface area contributed by atoms with Crippen LogP contribution in [0.3, 0.4) is 0 Å². The molecule has 1 aliphatic rings. The molecule has 0 aliphatic carbocycles. The zero-order valence-corrected chi connectivity index (χ0v) is 17.1. The highest BCUT2D eigenvalue weighted by molar-refractivity contribution is 6.14. The van der Waals surface area contributed by atoms with Crippen LogP contribution >= 0.6 is 0 Å². The topological polar surface area (TPSA) is 68.3 Å². The lowest BCUT2D eigenvalue weighted by atomic mass is 9.91. The smallest absolute Gasteiger partial charge is 0.331 e. The van der Waals surface area contributed by atoms with Crippen LogP contribution in [0.1, 0.15) is 13.8 Å². The predicted octanol–water partition coefficient (Wildman–Crippen LogP) is 2.88. The molecule has 154 valence electrons. The molecule has 2 atom stereocenters. The molecule has 1 amide bonds. The molecule has 0 unspecified atom stereocenters. The zero-order valence-electron chi connectivity index (χ0n) is 17.1. The number of carbonyl (C=O) groups excluding carboxylic acids is 2. The minimum atomic E-state index is -0.724. The Labute approximate surface area is 170 Å². The monoisotopic (exact) mass is 398 g/mol. The van der Waals surface area contributed by atoms with Gasteiger partial charge in [0.25, 0.3) is 5.91 Å². The number of carbonyl (C=O) groups is 2. The average molecular weight is 398 g/mol. The SMILES string of the molecule is CCOC(=O)[C@@H]1[C@@H](N(CC)c2ccc(OC)cc2)C(=O)N1c1ccc(OC)cc1. The van der Waals surface area contributed by atoms with Crippen LogP contribution in [0.25, 0.3) is 0 Å². The zero-order chi connectivity index (χ0) is 21.0. The summed E-state index contributed by atoms with van der Waals surface area (Å²) in [4.78, 5) is 29.3. The van der Waals surface area contributed by atoms with Gasteiger partial charge < -0.3 is 19.1 Å². The van der Waals surface area contributed by atoms with Gasteiger partial charge in [0.05, 0.1) is 20.8 Å². The maximum absolute atomic E-state index is 13.2. The summed E-state index contributed by atoms with van der Waals surface area (Å²) in [5, 5.41) is 0. The number of anilines is 2. The van der Waals surface area contributed by atoms with Gasteiger partial charge in [-0.2, -0.15) is 0 Å². The van der Waals surface area contributed by atoms with Gasteiger partial charge in [-0.1, -0.05) is 0 Å². The fourth-order valence-electron chi connectivity index (χ4n) is 3.58. The van der Waals surface area contributed by atoms with Crippen LogP contribution in [0.2, 0.25) is 0 Å². The lowest BCUT2D eigenvalue weighted by Crippen LogP contribution is -2.74. The summed E-state index contributed by atoms with van der Waals surface area (Å²) in [6.45, 7) is 4.53. The number of esters is 1. The molecule has 1 aliphatic heterocycles. The Hall–Kier alpha value is -3.22. The maximum atomic E-state index is 13.2. The molecule has 0 N–H and O–H groups in total. The quantitative estimate of drug-likeness (QED) is 0.503. The van der Waals surface area contributed by atoms with E-state index >= 15 is 0 Å². The van der Waals surface area contributed by atoms with E-state index in [4.69, 9.17) is 14.2 Å². The molecule has 1 heterocycles. The number of amides is 1. The average Bonchev–Trinajstić information content (AvgIpc) is 2.76. The Morgan fingerprint density at radius 1 is 0.966 bits per heavy atom. The van der Waals surface area contributed by atoms with E-state index in [1.165, 1.54) is 4.90 Å². The van der Waals surface area contributed by atoms with Crippen LogP contribution in [0.15, 0.2) is 48.5 Å². The Morgan fingerprint density at radius 2 is 1.52 bits per heavy atom. The molecular weight excluding hydrogens is 372 g/mol. The van der Waals surface area contributed by atoms with Crippen molar-refractivity contribution in [1.29, 1.82) is 0 Å². The van der Waals surface area contributed by atoms with E-state index in [0.29, 0.717) is 18.0 Å². The largest absolute Gasteiger partial charge is 0.497 e. The second kappa shape index (κ2) is 8.86. The van der Waals surface area contributed by atoms with Crippen LogP contribution < -0.4 is 19.3 Å². The predicted molar refractivity (Wildman–Crippen MR) is 111 cm³/mol. The number of ether oxygens (including phenoxy) is 3. The minimum Gasteiger partial charge on any atom is -0.497 e. The first-order valence-electron chi connectivity index (χ1n) is 9.60. The van der Waals surface area contributed by atoms with Gasteiger partial charge >= 0.3 is 5.97 Å². The van der Waals surface area contributed by atoms with E-state index in [2.05, 4.69) is 0 Å². The molecular formula is C22H26N2O5. The van der Waals surface area contributed by atoms with Gasteiger partial charge in [0.2, 0.25) is 0 Å². The fourth-order valence-corrected chi connectivity index (χ4v) is 3.58. The van der Waals surface area contributed by atoms with Gasteiger partial charge in [-0.3, -0.25) is 9.69 Å². The summed E-state index contributed by atoms with van der Waals surface area (Å²) in [7, 11) is 3.18. The van der Waals surface area contributed by atoms with Crippen LogP contribution in [0.4, 0.5) is 11.4 Å². The van der Waals surface area contributed by atoms with Gasteiger partial charge in [-0.25, -0.2) is 4.79 Å². The van der Waals surface area contributed by atoms with Crippen LogP contribution in [-0.4, -0.2) is 51.3 Å². The highest BCUT2D eigenvalue weighted by Crippen LogP contribution is 2.35. The van der Waals surface area contributed by atoms with Crippen molar-refractivity contribution in [3.05, 3.63) is 48.5 Å². The van der Waals surface area contributed by atoms with Crippen molar-refractivity contribution in [1.82, 2.24) is 0 Å². The molecule has 0 saturated carbocycles. The summed E-state index contributed by atoms with van der Waals surface area (Å²) in [6, 6.07) is 13.1. The number of methoxy groups -OCH3 is 2. The Balaban J connectivity index is 1.93. The molecule has 0 radical (unpaired) electrons. The molecule has 3 rings (SSSR count). The van der Waals surface area contributed by atoms with Crippen LogP contribution in [-0.2, 0) is 14.3 Å². The van der Waals surface area contributed by atoms with Crippen molar-refractivity contribution in [3.8, 4) is 11.5 Å². The standard InChI is InChI=1S/C22H26N2O5/c1-5-23(15-7-11-17(27-3)12-8-15)19-20(22(26)29-6-2)24(21(19)25)16-9-13-18(28-4)14-10-16/h7-14,19-20H,5-6H2,1-4H3/t19-,20+/m1/s1. The minimum absolute atomic E-state index is 0.147. The highest BCUT2D eigenvalue weighted by Gasteiger charge is 2.55. The van der Waals surface area contributed by atoms with Gasteiger partial charge in [-0.15, -0.1) is 0 Å². The molecule has 0 bridgehead atoms. The van der Waals surface area contributed by atoms with E-state index in [-0.39, 0.29) is 12.5 Å². The Morgan fingerprint density at radius 3 is 2.00 bits per heavy atom. The van der Waals surface area contributed by atoms with E-state index in [0.717, 1.165) is 11.4 Å². The van der Waals surface area contributed by atoms with Gasteiger partial charge in [0, 0.05) is 17.9 Å². The number of nitrogens with zero attached hydrogens (tertiary/aromatic N) is 2. The first-order chi connectivity index (χ1) is 14.0. The van der Waals surface area contributed by atoms with Gasteiger partial charge in [-0.05, 0) is 62.4 Å². The lowest BCUT2D eigenvalue weighted by Gasteiger charge is -2.50. The number of rotatable bonds is 8. The third-order valence-electron chi connectivity index (χ3n) is 5.03. The summed E-state index contributed by atoms with van der Waals surface area (Å²) < 4.78 is 15.7. The van der Waals surface area contributed by atoms with E-state index in [1.54, 1.807) is 45.4 Å². The van der Waals surface area contributed by atoms with Crippen molar-refractivity contribution in [2.75, 3.05) is 37.2 Å². The molecule has 2 aromatic carbocycles. The molecule has 7 heteroatoms. The molecule has 1 saturated heterocycles. The first kappa shape index (κ1) is 20.5. The third-order valence-corrected chi connectivity index (χ3v) is 5.03. The lowest BCUT2D eigenvalue weighted by molar-refractivity contribution is -0.151. The molecule has 7 nitrogen and oxygen atoms in total. The van der Waals surface area contributed by atoms with Crippen molar-refractivity contribution < 1.29 is 23.8 Å². The molecule has 29 heavy (non-hydrogen) atoms. The van der Waals surface area contributed by atoms with E-state index in [1.807, 2.05) is 36.1 Å². The van der Waals surface area contributed by atoms with Crippen LogP contribution in [0.5, 0.6) is 11.5 Å². The van der Waals surface area contributed by atoms with Crippen molar-refractivity contribution in [3.63, 3.8) is 0 Å². The number of likely N-dealkylation sites (N-methyl/N-ethyl adjacent to an activating group) is 1. The van der Waals surface area contributed by atoms with E-state index in [9.17, 15) is 9.59 Å². The van der Waals surface area contributed by atoms with Crippen molar-refractivity contribution >= 4 is 23.3 Å². The summed E-state index contributed by atoms with van der Waals surface area (Å²) >= 11 is 0. The first-order valence-corrected chi connectivity index (χ1v) is 9.60. The van der Waals surface area contributed by atoms with Gasteiger partial charge in [0.1, 0.15) is 17.5 Å². The number of hydrogen-bond acceptors (Lipinski definition) is 6. The number of benzene rings is 2. The molecule has 0 aromatic heterocycles. The third kappa shape index (κ3) is 3.85. The van der Waals surface area contributed by atoms with Crippen LogP contribution in [0, 0.1) is 0 Å². The van der Waals surface area contributed by atoms with Crippen molar-refractivity contribution in [2.24, 2.45) is 0 Å². The van der Waals surface area contributed by atoms with Crippen molar-refractivity contribution in [2.45, 2.75) is 25.9 Å². The summed E-state index contributed by atoms with van der Waals surface area (Å²) in [6.07, 6.45) is 0. The Kier molecular flexibility index (Phi) is 6.26. The summed E-state index contributed by atoms with van der Waals surface area (Å²) in [5.74, 6) is 0.844. The summed E-state index contributed by atoms with van der Waals surface area (Å²) in [5.41, 5.74) is 1.48.